The highest BCUT2D eigenvalue weighted by Gasteiger charge is 2.28. The van der Waals surface area contributed by atoms with Crippen LogP contribution in [0.25, 0.3) is 0 Å². The molecule has 0 aliphatic rings. The lowest BCUT2D eigenvalue weighted by atomic mass is 10.1. The molecule has 0 aromatic carbocycles. The third kappa shape index (κ3) is 13.9. The van der Waals surface area contributed by atoms with Gasteiger partial charge in [-0.05, 0) is 13.8 Å². The monoisotopic (exact) mass is 375 g/mol. The van der Waals surface area contributed by atoms with Crippen LogP contribution in [0.2, 0.25) is 0 Å². The van der Waals surface area contributed by atoms with Gasteiger partial charge in [-0.2, -0.15) is 0 Å². The molecule has 0 aliphatic carbocycles. The highest BCUT2D eigenvalue weighted by Crippen LogP contribution is 2.03. The summed E-state index contributed by atoms with van der Waals surface area (Å²) in [6.07, 6.45) is -11.8. The molecule has 0 spiro atoms. The molecule has 0 bridgehead atoms. The van der Waals surface area contributed by atoms with Gasteiger partial charge in [-0.1, -0.05) is 0 Å². The van der Waals surface area contributed by atoms with Gasteiger partial charge in [0.1, 0.15) is 36.6 Å². The van der Waals surface area contributed by atoms with Crippen molar-refractivity contribution in [3.8, 4) is 0 Å². The molecule has 0 heterocycles. The van der Waals surface area contributed by atoms with E-state index in [1.165, 1.54) is 21.0 Å². The van der Waals surface area contributed by atoms with Crippen LogP contribution < -0.4 is 5.90 Å². The van der Waals surface area contributed by atoms with E-state index in [1.807, 2.05) is 0 Å². The van der Waals surface area contributed by atoms with Gasteiger partial charge in [0.25, 0.3) is 0 Å². The second-order valence-electron chi connectivity index (χ2n) is 4.93. The van der Waals surface area contributed by atoms with Gasteiger partial charge in [-0.3, -0.25) is 0 Å². The summed E-state index contributed by atoms with van der Waals surface area (Å²) in [7, 11) is 1.40. The summed E-state index contributed by atoms with van der Waals surface area (Å²) in [4.78, 5) is 23.5. The minimum atomic E-state index is -1.65. The third-order valence-electron chi connectivity index (χ3n) is 2.67. The molecule has 10 N–H and O–H groups in total. The van der Waals surface area contributed by atoms with Crippen LogP contribution in [-0.2, 0) is 14.4 Å². The Kier molecular flexibility index (Phi) is 18.9. The van der Waals surface area contributed by atoms with E-state index in [4.69, 9.17) is 40.9 Å². The van der Waals surface area contributed by atoms with E-state index in [2.05, 4.69) is 10.7 Å². The van der Waals surface area contributed by atoms with Crippen molar-refractivity contribution >= 4 is 12.6 Å². The zero-order valence-corrected chi connectivity index (χ0v) is 14.2. The molecule has 0 saturated heterocycles. The van der Waals surface area contributed by atoms with E-state index in [0.29, 0.717) is 0 Å². The quantitative estimate of drug-likeness (QED) is 0.143. The molecule has 8 atom stereocenters. The maximum atomic E-state index is 9.87. The molecular formula is C13H29NO11. The number of aldehydes is 2. The summed E-state index contributed by atoms with van der Waals surface area (Å²) >= 11 is 0. The number of carbonyl (C=O) groups is 2. The lowest BCUT2D eigenvalue weighted by Crippen LogP contribution is -2.43. The first-order valence-corrected chi connectivity index (χ1v) is 7.00. The van der Waals surface area contributed by atoms with E-state index >= 15 is 0 Å². The van der Waals surface area contributed by atoms with Crippen molar-refractivity contribution in [2.75, 3.05) is 7.11 Å². The summed E-state index contributed by atoms with van der Waals surface area (Å²) in [6.45, 7) is 2.48. The number of aliphatic hydroxyl groups is 8. The second kappa shape index (κ2) is 16.4. The van der Waals surface area contributed by atoms with E-state index in [9.17, 15) is 9.59 Å². The molecule has 25 heavy (non-hydrogen) atoms. The molecule has 0 aromatic heterocycles. The van der Waals surface area contributed by atoms with Crippen molar-refractivity contribution in [3.63, 3.8) is 0 Å². The standard InChI is InChI=1S/2C6H12O5.CH5NO/c2*1-3(8)5(10)6(11)4(9)2-7;1-3-2/h2*2-6,8-11H,1H3;2H2,1H3/t2*3-,4-,5-,6-;/m00./s1. The Morgan fingerprint density at radius 3 is 1.00 bits per heavy atom. The molecule has 152 valence electrons. The topological polar surface area (TPSA) is 231 Å². The molecule has 12 nitrogen and oxygen atoms in total. The summed E-state index contributed by atoms with van der Waals surface area (Å²) < 4.78 is 0. The average molecular weight is 375 g/mol. The number of carbonyl (C=O) groups excluding carboxylic acids is 2. The number of hydrogen-bond acceptors (Lipinski definition) is 12. The van der Waals surface area contributed by atoms with Crippen molar-refractivity contribution in [2.24, 2.45) is 5.90 Å². The van der Waals surface area contributed by atoms with Gasteiger partial charge in [-0.15, -0.1) is 0 Å². The first kappa shape index (κ1) is 28.7. The predicted molar refractivity (Wildman–Crippen MR) is 82.7 cm³/mol. The number of hydrogen-bond donors (Lipinski definition) is 9. The Balaban J connectivity index is -0.000000334. The van der Waals surface area contributed by atoms with Gasteiger partial charge in [0.2, 0.25) is 0 Å². The van der Waals surface area contributed by atoms with Crippen LogP contribution in [0.4, 0.5) is 0 Å². The van der Waals surface area contributed by atoms with Crippen LogP contribution in [0.5, 0.6) is 0 Å². The largest absolute Gasteiger partial charge is 0.391 e. The average Bonchev–Trinajstić information content (AvgIpc) is 2.58. The molecular weight excluding hydrogens is 346 g/mol. The van der Waals surface area contributed by atoms with Crippen molar-refractivity contribution in [1.82, 2.24) is 0 Å². The van der Waals surface area contributed by atoms with Crippen molar-refractivity contribution in [1.29, 1.82) is 0 Å². The second-order valence-corrected chi connectivity index (χ2v) is 4.93. The zero-order chi connectivity index (χ0) is 20.7. The zero-order valence-electron chi connectivity index (χ0n) is 14.2. The third-order valence-corrected chi connectivity index (χ3v) is 2.67. The molecule has 0 rings (SSSR count). The van der Waals surface area contributed by atoms with Gasteiger partial charge < -0.3 is 55.3 Å². The fourth-order valence-electron chi connectivity index (χ4n) is 1.14. The minimum absolute atomic E-state index is 0.0935. The summed E-state index contributed by atoms with van der Waals surface area (Å²) in [5.41, 5.74) is 0. The first-order valence-electron chi connectivity index (χ1n) is 7.00. The van der Waals surface area contributed by atoms with Crippen LogP contribution in [0.15, 0.2) is 0 Å². The van der Waals surface area contributed by atoms with E-state index in [0.717, 1.165) is 0 Å². The normalized spacial score (nSPS) is 20.0. The number of rotatable bonds is 8. The molecule has 0 unspecified atom stereocenters. The van der Waals surface area contributed by atoms with Crippen molar-refractivity contribution in [2.45, 2.75) is 62.7 Å². The van der Waals surface area contributed by atoms with Crippen LogP contribution >= 0.6 is 0 Å². The Morgan fingerprint density at radius 2 is 0.880 bits per heavy atom. The minimum Gasteiger partial charge on any atom is -0.391 e. The van der Waals surface area contributed by atoms with Crippen molar-refractivity contribution < 1.29 is 55.3 Å². The summed E-state index contributed by atoms with van der Waals surface area (Å²) in [6, 6.07) is 0. The SMILES string of the molecule is CON.C[C@H](O)[C@H](O)[C@@H](O)[C@@H](O)C=O.C[C@H](O)[C@H](O)[C@@H](O)[C@@H](O)C=O. The predicted octanol–water partition coefficient (Wildman–Crippen LogP) is -5.20. The molecule has 12 heteroatoms. The van der Waals surface area contributed by atoms with E-state index < -0.39 is 48.8 Å². The first-order chi connectivity index (χ1) is 11.4. The molecule has 0 saturated carbocycles. The Morgan fingerprint density at radius 1 is 0.680 bits per heavy atom. The van der Waals surface area contributed by atoms with Crippen LogP contribution in [0, 0.1) is 0 Å². The van der Waals surface area contributed by atoms with Gasteiger partial charge in [0, 0.05) is 0 Å². The van der Waals surface area contributed by atoms with Gasteiger partial charge in [0.05, 0.1) is 19.3 Å². The number of aliphatic hydroxyl groups excluding tert-OH is 8. The van der Waals surface area contributed by atoms with Gasteiger partial charge in [0.15, 0.2) is 12.6 Å². The summed E-state index contributed by atoms with van der Waals surface area (Å²) in [5.74, 6) is 4.35. The Hall–Kier alpha value is -1.06. The van der Waals surface area contributed by atoms with Gasteiger partial charge in [-0.25, -0.2) is 5.90 Å². The fraction of sp³-hybridized carbons (Fsp3) is 0.846. The molecule has 0 amide bonds. The van der Waals surface area contributed by atoms with Crippen LogP contribution in [0.1, 0.15) is 13.8 Å². The fourth-order valence-corrected chi connectivity index (χ4v) is 1.14. The molecule has 0 aliphatic heterocycles. The highest BCUT2D eigenvalue weighted by atomic mass is 16.6. The highest BCUT2D eigenvalue weighted by molar-refractivity contribution is 5.57. The van der Waals surface area contributed by atoms with Gasteiger partial charge >= 0.3 is 0 Å². The lowest BCUT2D eigenvalue weighted by Gasteiger charge is -2.21. The summed E-state index contributed by atoms with van der Waals surface area (Å²) in [5, 5.41) is 70.2. The maximum absolute atomic E-state index is 9.87. The molecule has 0 radical (unpaired) electrons. The molecule has 0 aromatic rings. The smallest absolute Gasteiger partial charge is 0.151 e. The Labute approximate surface area is 144 Å². The van der Waals surface area contributed by atoms with Crippen LogP contribution in [-0.4, -0.2) is 109 Å². The van der Waals surface area contributed by atoms with Crippen LogP contribution in [0.3, 0.4) is 0 Å². The number of nitrogens with two attached hydrogens (primary N) is 1. The van der Waals surface area contributed by atoms with E-state index in [1.54, 1.807) is 0 Å². The maximum Gasteiger partial charge on any atom is 0.151 e. The van der Waals surface area contributed by atoms with E-state index in [-0.39, 0.29) is 12.6 Å². The lowest BCUT2D eigenvalue weighted by molar-refractivity contribution is -0.132. The van der Waals surface area contributed by atoms with Crippen molar-refractivity contribution in [3.05, 3.63) is 0 Å². The Bertz CT molecular complexity index is 299. The molecule has 0 fully saturated rings.